The monoisotopic (exact) mass is 318 g/mol. The van der Waals surface area contributed by atoms with Crippen LogP contribution in [0.2, 0.25) is 0 Å². The maximum atomic E-state index is 9.90. The first kappa shape index (κ1) is 14.9. The number of unbranched alkanes of at least 4 members (excludes halogenated alkanes) is 1. The van der Waals surface area contributed by atoms with Crippen molar-refractivity contribution in [3.63, 3.8) is 0 Å². The van der Waals surface area contributed by atoms with Gasteiger partial charge in [-0.1, -0.05) is 13.3 Å². The molecule has 2 aliphatic rings. The van der Waals surface area contributed by atoms with Crippen molar-refractivity contribution in [1.29, 1.82) is 0 Å². The van der Waals surface area contributed by atoms with Crippen molar-refractivity contribution in [3.8, 4) is 11.5 Å². The number of hydrogen-bond donors (Lipinski definition) is 2. The number of aromatic amines is 1. The predicted octanol–water partition coefficient (Wildman–Crippen LogP) is 1.32. The van der Waals surface area contributed by atoms with E-state index in [1.807, 2.05) is 12.4 Å². The molecule has 7 heteroatoms. The summed E-state index contributed by atoms with van der Waals surface area (Å²) in [4.78, 5) is 12.3. The fourth-order valence-corrected chi connectivity index (χ4v) is 3.43. The topological polar surface area (TPSA) is 85.2 Å². The molecule has 0 unspecified atom stereocenters. The highest BCUT2D eigenvalue weighted by molar-refractivity contribution is 5.49. The lowest BCUT2D eigenvalue weighted by molar-refractivity contribution is 0.0172. The Morgan fingerprint density at radius 2 is 2.17 bits per heavy atom. The number of H-pyrrole nitrogens is 1. The van der Waals surface area contributed by atoms with Gasteiger partial charge >= 0.3 is 0 Å². The molecule has 0 saturated carbocycles. The Bertz CT molecular complexity index is 668. The molecule has 2 fully saturated rings. The Balaban J connectivity index is 1.58. The SMILES string of the molecule is CCCCc1ncc(-c2nccn2[C@@H]2CO[C@H]3[C@@H]2OC[C@H]3O)[nH]1. The van der Waals surface area contributed by atoms with Crippen LogP contribution in [0.1, 0.15) is 31.6 Å². The van der Waals surface area contributed by atoms with Gasteiger partial charge < -0.3 is 24.1 Å². The molecule has 2 aromatic heterocycles. The average Bonchev–Trinajstić information content (AvgIpc) is 3.30. The number of hydrogen-bond acceptors (Lipinski definition) is 5. The maximum absolute atomic E-state index is 9.90. The molecule has 124 valence electrons. The summed E-state index contributed by atoms with van der Waals surface area (Å²) in [7, 11) is 0. The highest BCUT2D eigenvalue weighted by Gasteiger charge is 2.48. The van der Waals surface area contributed by atoms with Crippen LogP contribution in [0.25, 0.3) is 11.5 Å². The third-order valence-corrected chi connectivity index (χ3v) is 4.66. The van der Waals surface area contributed by atoms with E-state index in [-0.39, 0.29) is 18.2 Å². The van der Waals surface area contributed by atoms with Crippen LogP contribution in [0.15, 0.2) is 18.6 Å². The van der Waals surface area contributed by atoms with E-state index in [4.69, 9.17) is 9.47 Å². The van der Waals surface area contributed by atoms with Gasteiger partial charge in [-0.25, -0.2) is 9.97 Å². The van der Waals surface area contributed by atoms with Crippen LogP contribution < -0.4 is 0 Å². The second-order valence-corrected chi connectivity index (χ2v) is 6.24. The molecule has 4 heterocycles. The fraction of sp³-hybridized carbons (Fsp3) is 0.625. The summed E-state index contributed by atoms with van der Waals surface area (Å²) >= 11 is 0. The minimum atomic E-state index is -0.537. The second-order valence-electron chi connectivity index (χ2n) is 6.24. The van der Waals surface area contributed by atoms with Crippen LogP contribution in [0.4, 0.5) is 0 Å². The lowest BCUT2D eigenvalue weighted by atomic mass is 10.1. The Morgan fingerprint density at radius 3 is 3.04 bits per heavy atom. The van der Waals surface area contributed by atoms with Gasteiger partial charge in [0.05, 0.1) is 25.5 Å². The van der Waals surface area contributed by atoms with Crippen molar-refractivity contribution in [3.05, 3.63) is 24.4 Å². The lowest BCUT2D eigenvalue weighted by Crippen LogP contribution is -2.30. The molecule has 23 heavy (non-hydrogen) atoms. The van der Waals surface area contributed by atoms with Crippen LogP contribution in [-0.4, -0.2) is 56.2 Å². The average molecular weight is 318 g/mol. The molecule has 2 aromatic rings. The number of nitrogens with one attached hydrogen (secondary N) is 1. The van der Waals surface area contributed by atoms with Crippen molar-refractivity contribution >= 4 is 0 Å². The minimum Gasteiger partial charge on any atom is -0.388 e. The number of ether oxygens (including phenoxy) is 2. The van der Waals surface area contributed by atoms with E-state index in [0.29, 0.717) is 13.2 Å². The first-order valence-electron chi connectivity index (χ1n) is 8.26. The highest BCUT2D eigenvalue weighted by Crippen LogP contribution is 2.36. The number of imidazole rings is 2. The molecule has 7 nitrogen and oxygen atoms in total. The molecule has 0 amide bonds. The number of aliphatic hydroxyl groups is 1. The van der Waals surface area contributed by atoms with Crippen molar-refractivity contribution in [2.45, 2.75) is 50.5 Å². The van der Waals surface area contributed by atoms with Crippen molar-refractivity contribution in [2.24, 2.45) is 0 Å². The van der Waals surface area contributed by atoms with Crippen LogP contribution >= 0.6 is 0 Å². The smallest absolute Gasteiger partial charge is 0.158 e. The van der Waals surface area contributed by atoms with E-state index in [1.165, 1.54) is 0 Å². The zero-order chi connectivity index (χ0) is 15.8. The molecular weight excluding hydrogens is 296 g/mol. The van der Waals surface area contributed by atoms with Gasteiger partial charge in [-0.05, 0) is 6.42 Å². The number of aromatic nitrogens is 4. The standard InChI is InChI=1S/C16H22N4O3/c1-2-3-4-13-18-7-10(19-13)16-17-5-6-20(16)11-8-22-15-12(21)9-23-14(11)15/h5-7,11-12,14-15,21H,2-4,8-9H2,1H3,(H,18,19)/t11-,12-,14-,15-/m1/s1. The first-order chi connectivity index (χ1) is 11.3. The number of aliphatic hydroxyl groups excluding tert-OH is 1. The van der Waals surface area contributed by atoms with Crippen molar-refractivity contribution in [2.75, 3.05) is 13.2 Å². The Labute approximate surface area is 134 Å². The molecule has 0 spiro atoms. The van der Waals surface area contributed by atoms with Crippen LogP contribution in [-0.2, 0) is 15.9 Å². The molecule has 0 radical (unpaired) electrons. The quantitative estimate of drug-likeness (QED) is 0.868. The Morgan fingerprint density at radius 1 is 1.30 bits per heavy atom. The van der Waals surface area contributed by atoms with Crippen LogP contribution in [0, 0.1) is 0 Å². The molecule has 2 saturated heterocycles. The van der Waals surface area contributed by atoms with Crippen molar-refractivity contribution < 1.29 is 14.6 Å². The predicted molar refractivity (Wildman–Crippen MR) is 82.9 cm³/mol. The largest absolute Gasteiger partial charge is 0.388 e. The molecule has 2 N–H and O–H groups in total. The maximum Gasteiger partial charge on any atom is 0.158 e. The molecular formula is C16H22N4O3. The van der Waals surface area contributed by atoms with E-state index in [9.17, 15) is 5.11 Å². The Kier molecular flexibility index (Phi) is 3.92. The fourth-order valence-electron chi connectivity index (χ4n) is 3.43. The number of fused-ring (bicyclic) bond motifs is 1. The second kappa shape index (κ2) is 6.07. The third kappa shape index (κ3) is 2.58. The summed E-state index contributed by atoms with van der Waals surface area (Å²) in [6.45, 7) is 3.02. The number of aryl methyl sites for hydroxylation is 1. The lowest BCUT2D eigenvalue weighted by Gasteiger charge is -2.19. The molecule has 0 bridgehead atoms. The van der Waals surface area contributed by atoms with E-state index < -0.39 is 6.10 Å². The molecule has 0 aromatic carbocycles. The van der Waals surface area contributed by atoms with E-state index in [1.54, 1.807) is 6.20 Å². The summed E-state index contributed by atoms with van der Waals surface area (Å²) in [5.74, 6) is 1.82. The van der Waals surface area contributed by atoms with Crippen molar-refractivity contribution in [1.82, 2.24) is 19.5 Å². The van der Waals surface area contributed by atoms with Gasteiger partial charge in [-0.15, -0.1) is 0 Å². The highest BCUT2D eigenvalue weighted by atomic mass is 16.6. The molecule has 2 aliphatic heterocycles. The summed E-state index contributed by atoms with van der Waals surface area (Å²) in [5, 5.41) is 9.90. The van der Waals surface area contributed by atoms with Gasteiger partial charge in [0.25, 0.3) is 0 Å². The van der Waals surface area contributed by atoms with Gasteiger partial charge in [-0.2, -0.15) is 0 Å². The van der Waals surface area contributed by atoms with E-state index in [2.05, 4.69) is 26.4 Å². The zero-order valence-corrected chi connectivity index (χ0v) is 13.2. The van der Waals surface area contributed by atoms with Gasteiger partial charge in [0.2, 0.25) is 0 Å². The van der Waals surface area contributed by atoms with Gasteiger partial charge in [0, 0.05) is 18.8 Å². The van der Waals surface area contributed by atoms with Gasteiger partial charge in [-0.3, -0.25) is 0 Å². The normalized spacial score (nSPS) is 30.0. The summed E-state index contributed by atoms with van der Waals surface area (Å²) < 4.78 is 13.5. The Hall–Kier alpha value is -1.70. The van der Waals surface area contributed by atoms with Gasteiger partial charge in [0.1, 0.15) is 29.8 Å². The van der Waals surface area contributed by atoms with E-state index >= 15 is 0 Å². The molecule has 4 atom stereocenters. The number of nitrogens with zero attached hydrogens (tertiary/aromatic N) is 3. The van der Waals surface area contributed by atoms with Gasteiger partial charge in [0.15, 0.2) is 5.82 Å². The van der Waals surface area contributed by atoms with Crippen LogP contribution in [0.3, 0.4) is 0 Å². The van der Waals surface area contributed by atoms with E-state index in [0.717, 1.165) is 36.6 Å². The summed E-state index contributed by atoms with van der Waals surface area (Å²) in [5.41, 5.74) is 0.906. The summed E-state index contributed by atoms with van der Waals surface area (Å²) in [6.07, 6.45) is 7.86. The minimum absolute atomic E-state index is 0.0250. The summed E-state index contributed by atoms with van der Waals surface area (Å²) in [6, 6.07) is 0.0250. The molecule has 0 aliphatic carbocycles. The molecule has 4 rings (SSSR count). The third-order valence-electron chi connectivity index (χ3n) is 4.66. The zero-order valence-electron chi connectivity index (χ0n) is 13.2. The number of rotatable bonds is 5. The van der Waals surface area contributed by atoms with Crippen LogP contribution in [0.5, 0.6) is 0 Å². The first-order valence-corrected chi connectivity index (χ1v) is 8.26.